The number of hydrogen-bond donors (Lipinski definition) is 2. The van der Waals surface area contributed by atoms with E-state index in [1.54, 1.807) is 0 Å². The van der Waals surface area contributed by atoms with Gasteiger partial charge >= 0.3 is 0 Å². The molecule has 0 aromatic heterocycles. The van der Waals surface area contributed by atoms with Crippen LogP contribution in [0.2, 0.25) is 0 Å². The first-order valence-corrected chi connectivity index (χ1v) is 7.87. The lowest BCUT2D eigenvalue weighted by molar-refractivity contribution is 0.0932. The summed E-state index contributed by atoms with van der Waals surface area (Å²) in [5.41, 5.74) is 9.93. The summed E-state index contributed by atoms with van der Waals surface area (Å²) in [6.45, 7) is 2.75. The molecule has 2 aromatic rings. The van der Waals surface area contributed by atoms with Crippen LogP contribution in [0.25, 0.3) is 0 Å². The van der Waals surface area contributed by atoms with E-state index in [0.717, 1.165) is 18.4 Å². The number of amides is 1. The molecule has 1 aliphatic carbocycles. The number of rotatable bonds is 3. The molecule has 2 aromatic carbocycles. The first kappa shape index (κ1) is 14.8. The molecule has 22 heavy (non-hydrogen) atoms. The van der Waals surface area contributed by atoms with Crippen LogP contribution < -0.4 is 11.1 Å². The summed E-state index contributed by atoms with van der Waals surface area (Å²) in [6.07, 6.45) is 2.10. The number of hydrogen-bond acceptors (Lipinski definition) is 2. The highest BCUT2D eigenvalue weighted by Gasteiger charge is 2.25. The molecule has 114 valence electrons. The number of nitrogens with one attached hydrogen (secondary N) is 1. The molecular weight excluding hydrogens is 272 g/mol. The van der Waals surface area contributed by atoms with Crippen molar-refractivity contribution in [3.05, 3.63) is 70.8 Å². The molecule has 3 rings (SSSR count). The van der Waals surface area contributed by atoms with Crippen molar-refractivity contribution in [1.29, 1.82) is 0 Å². The summed E-state index contributed by atoms with van der Waals surface area (Å²) in [4.78, 5) is 12.5. The average Bonchev–Trinajstić information content (AvgIpc) is 2.57. The minimum Gasteiger partial charge on any atom is -0.345 e. The smallest absolute Gasteiger partial charge is 0.251 e. The van der Waals surface area contributed by atoms with Gasteiger partial charge in [-0.3, -0.25) is 4.79 Å². The zero-order valence-corrected chi connectivity index (χ0v) is 12.9. The lowest BCUT2D eigenvalue weighted by Gasteiger charge is -2.30. The lowest BCUT2D eigenvalue weighted by atomic mass is 9.81. The number of benzene rings is 2. The molecule has 0 saturated heterocycles. The zero-order chi connectivity index (χ0) is 15.5. The van der Waals surface area contributed by atoms with E-state index in [1.807, 2.05) is 30.3 Å². The monoisotopic (exact) mass is 294 g/mol. The number of carbonyl (C=O) groups excluding carboxylic acids is 1. The summed E-state index contributed by atoms with van der Waals surface area (Å²) >= 11 is 0. The van der Waals surface area contributed by atoms with Gasteiger partial charge < -0.3 is 11.1 Å². The van der Waals surface area contributed by atoms with E-state index < -0.39 is 0 Å². The molecule has 1 amide bonds. The second-order valence-corrected chi connectivity index (χ2v) is 6.03. The normalized spacial score (nSPS) is 20.3. The van der Waals surface area contributed by atoms with E-state index in [1.165, 1.54) is 11.1 Å². The van der Waals surface area contributed by atoms with Crippen molar-refractivity contribution in [2.45, 2.75) is 38.3 Å². The van der Waals surface area contributed by atoms with Crippen LogP contribution in [0, 0.1) is 0 Å². The average molecular weight is 294 g/mol. The second-order valence-electron chi connectivity index (χ2n) is 6.03. The zero-order valence-electron chi connectivity index (χ0n) is 12.9. The highest BCUT2D eigenvalue weighted by molar-refractivity contribution is 5.94. The Morgan fingerprint density at radius 1 is 1.09 bits per heavy atom. The Bertz CT molecular complexity index is 663. The molecular formula is C19H22N2O. The molecule has 2 atom stereocenters. The van der Waals surface area contributed by atoms with Crippen molar-refractivity contribution in [1.82, 2.24) is 5.32 Å². The van der Waals surface area contributed by atoms with Gasteiger partial charge in [-0.1, -0.05) is 43.3 Å². The van der Waals surface area contributed by atoms with Gasteiger partial charge in [0.15, 0.2) is 0 Å². The largest absolute Gasteiger partial charge is 0.345 e. The first-order chi connectivity index (χ1) is 10.7. The van der Waals surface area contributed by atoms with Crippen molar-refractivity contribution in [2.24, 2.45) is 5.73 Å². The molecule has 2 unspecified atom stereocenters. The molecule has 0 saturated carbocycles. The van der Waals surface area contributed by atoms with Crippen molar-refractivity contribution < 1.29 is 4.79 Å². The van der Waals surface area contributed by atoms with Crippen LogP contribution in [0.4, 0.5) is 0 Å². The van der Waals surface area contributed by atoms with Gasteiger partial charge in [-0.15, -0.1) is 0 Å². The molecule has 1 aliphatic rings. The number of nitrogens with two attached hydrogens (primary N) is 1. The summed E-state index contributed by atoms with van der Waals surface area (Å²) in [6, 6.07) is 16.0. The summed E-state index contributed by atoms with van der Waals surface area (Å²) in [5, 5.41) is 3.18. The molecule has 3 heteroatoms. The minimum absolute atomic E-state index is 0.0158. The minimum atomic E-state index is -0.0158. The van der Waals surface area contributed by atoms with E-state index in [-0.39, 0.29) is 11.9 Å². The van der Waals surface area contributed by atoms with E-state index >= 15 is 0 Å². The van der Waals surface area contributed by atoms with E-state index in [0.29, 0.717) is 18.0 Å². The molecule has 0 aliphatic heterocycles. The topological polar surface area (TPSA) is 55.1 Å². The summed E-state index contributed by atoms with van der Waals surface area (Å²) < 4.78 is 0. The SMILES string of the molecule is CC1CCC(NC(=O)c2ccc(CN)cc2)c2ccccc21. The maximum absolute atomic E-state index is 12.5. The number of fused-ring (bicyclic) bond motifs is 1. The Kier molecular flexibility index (Phi) is 4.25. The standard InChI is InChI=1S/C19H22N2O/c1-13-6-11-18(17-5-3-2-4-16(13)17)21-19(22)15-9-7-14(12-20)8-10-15/h2-5,7-10,13,18H,6,11-12,20H2,1H3,(H,21,22). The Labute approximate surface area is 131 Å². The number of carbonyl (C=O) groups is 1. The molecule has 0 fully saturated rings. The van der Waals surface area contributed by atoms with Crippen molar-refractivity contribution in [3.63, 3.8) is 0 Å². The Morgan fingerprint density at radius 2 is 1.77 bits per heavy atom. The predicted octanol–water partition coefficient (Wildman–Crippen LogP) is 3.51. The van der Waals surface area contributed by atoms with Gasteiger partial charge in [0.1, 0.15) is 0 Å². The Morgan fingerprint density at radius 3 is 2.45 bits per heavy atom. The maximum Gasteiger partial charge on any atom is 0.251 e. The van der Waals surface area contributed by atoms with Gasteiger partial charge in [0.25, 0.3) is 5.91 Å². The highest BCUT2D eigenvalue weighted by atomic mass is 16.1. The molecule has 3 nitrogen and oxygen atoms in total. The molecule has 3 N–H and O–H groups in total. The molecule has 0 radical (unpaired) electrons. The molecule has 0 spiro atoms. The van der Waals surface area contributed by atoms with E-state index in [4.69, 9.17) is 5.73 Å². The van der Waals surface area contributed by atoms with Gasteiger partial charge in [-0.2, -0.15) is 0 Å². The first-order valence-electron chi connectivity index (χ1n) is 7.87. The third-order valence-electron chi connectivity index (χ3n) is 4.55. The van der Waals surface area contributed by atoms with Crippen molar-refractivity contribution >= 4 is 5.91 Å². The third kappa shape index (κ3) is 2.90. The maximum atomic E-state index is 12.5. The Balaban J connectivity index is 1.78. The van der Waals surface area contributed by atoms with E-state index in [2.05, 4.69) is 30.4 Å². The third-order valence-corrected chi connectivity index (χ3v) is 4.55. The van der Waals surface area contributed by atoms with Crippen molar-refractivity contribution in [3.8, 4) is 0 Å². The lowest BCUT2D eigenvalue weighted by Crippen LogP contribution is -2.31. The van der Waals surface area contributed by atoms with Gasteiger partial charge in [-0.05, 0) is 47.6 Å². The fourth-order valence-electron chi connectivity index (χ4n) is 3.19. The van der Waals surface area contributed by atoms with Crippen LogP contribution in [0.3, 0.4) is 0 Å². The second kappa shape index (κ2) is 6.32. The van der Waals surface area contributed by atoms with Crippen LogP contribution >= 0.6 is 0 Å². The highest BCUT2D eigenvalue weighted by Crippen LogP contribution is 2.37. The quantitative estimate of drug-likeness (QED) is 0.910. The fraction of sp³-hybridized carbons (Fsp3) is 0.316. The fourth-order valence-corrected chi connectivity index (χ4v) is 3.19. The Hall–Kier alpha value is -2.13. The van der Waals surface area contributed by atoms with Gasteiger partial charge in [0, 0.05) is 12.1 Å². The van der Waals surface area contributed by atoms with Gasteiger partial charge in [0.05, 0.1) is 6.04 Å². The molecule has 0 bridgehead atoms. The van der Waals surface area contributed by atoms with Crippen LogP contribution in [-0.2, 0) is 6.54 Å². The van der Waals surface area contributed by atoms with Gasteiger partial charge in [-0.25, -0.2) is 0 Å². The van der Waals surface area contributed by atoms with Crippen LogP contribution in [0.1, 0.15) is 58.8 Å². The summed E-state index contributed by atoms with van der Waals surface area (Å²) in [5.74, 6) is 0.547. The van der Waals surface area contributed by atoms with Crippen LogP contribution in [-0.4, -0.2) is 5.91 Å². The van der Waals surface area contributed by atoms with Gasteiger partial charge in [0.2, 0.25) is 0 Å². The van der Waals surface area contributed by atoms with Crippen LogP contribution in [0.15, 0.2) is 48.5 Å². The summed E-state index contributed by atoms with van der Waals surface area (Å²) in [7, 11) is 0. The van der Waals surface area contributed by atoms with Crippen LogP contribution in [0.5, 0.6) is 0 Å². The molecule has 0 heterocycles. The predicted molar refractivity (Wildman–Crippen MR) is 88.6 cm³/mol. The van der Waals surface area contributed by atoms with E-state index in [9.17, 15) is 4.79 Å². The van der Waals surface area contributed by atoms with Crippen molar-refractivity contribution in [2.75, 3.05) is 0 Å².